The van der Waals surface area contributed by atoms with Crippen LogP contribution in [0.5, 0.6) is 0 Å². The quantitative estimate of drug-likeness (QED) is 0.786. The van der Waals surface area contributed by atoms with Crippen molar-refractivity contribution in [2.24, 2.45) is 0 Å². The van der Waals surface area contributed by atoms with Gasteiger partial charge in [0.2, 0.25) is 0 Å². The van der Waals surface area contributed by atoms with Crippen molar-refractivity contribution in [2.75, 3.05) is 25.0 Å². The van der Waals surface area contributed by atoms with Crippen LogP contribution in [0.15, 0.2) is 17.2 Å². The van der Waals surface area contributed by atoms with Crippen LogP contribution in [0.2, 0.25) is 0 Å². The Morgan fingerprint density at radius 1 is 1.62 bits per heavy atom. The molecule has 2 heterocycles. The molecule has 16 heavy (non-hydrogen) atoms. The highest BCUT2D eigenvalue weighted by molar-refractivity contribution is 5.37. The molecule has 0 aromatic carbocycles. The van der Waals surface area contributed by atoms with E-state index >= 15 is 0 Å². The molecule has 0 amide bonds. The van der Waals surface area contributed by atoms with Crippen molar-refractivity contribution in [3.05, 3.63) is 22.7 Å². The van der Waals surface area contributed by atoms with Crippen LogP contribution in [-0.4, -0.2) is 35.7 Å². The summed E-state index contributed by atoms with van der Waals surface area (Å²) in [6, 6.07) is 0.469. The molecule has 0 spiro atoms. The third kappa shape index (κ3) is 1.95. The molecule has 5 heteroatoms. The van der Waals surface area contributed by atoms with E-state index in [9.17, 15) is 4.79 Å². The number of nitrogens with zero attached hydrogens (tertiary/aromatic N) is 3. The van der Waals surface area contributed by atoms with Gasteiger partial charge in [-0.25, -0.2) is 4.98 Å². The second-order valence-electron chi connectivity index (χ2n) is 4.06. The maximum absolute atomic E-state index is 12.0. The fourth-order valence-corrected chi connectivity index (χ4v) is 2.09. The molecular weight excluding hydrogens is 204 g/mol. The van der Waals surface area contributed by atoms with Crippen LogP contribution in [0.25, 0.3) is 0 Å². The van der Waals surface area contributed by atoms with Crippen LogP contribution in [0.4, 0.5) is 5.82 Å². The van der Waals surface area contributed by atoms with Gasteiger partial charge in [0.15, 0.2) is 5.82 Å². The summed E-state index contributed by atoms with van der Waals surface area (Å²) in [5, 5.41) is 3.23. The van der Waals surface area contributed by atoms with Crippen molar-refractivity contribution in [3.63, 3.8) is 0 Å². The second-order valence-corrected chi connectivity index (χ2v) is 4.06. The minimum absolute atomic E-state index is 0.0155. The Morgan fingerprint density at radius 3 is 3.06 bits per heavy atom. The normalized spacial score (nSPS) is 20.4. The Bertz CT molecular complexity index is 415. The van der Waals surface area contributed by atoms with E-state index < -0.39 is 0 Å². The highest BCUT2D eigenvalue weighted by atomic mass is 16.1. The molecule has 0 radical (unpaired) electrons. The lowest BCUT2D eigenvalue weighted by atomic mass is 10.3. The summed E-state index contributed by atoms with van der Waals surface area (Å²) >= 11 is 0. The highest BCUT2D eigenvalue weighted by Gasteiger charge is 2.24. The molecule has 1 aromatic rings. The number of hydrogen-bond donors (Lipinski definition) is 1. The summed E-state index contributed by atoms with van der Waals surface area (Å²) in [6.45, 7) is 4.43. The van der Waals surface area contributed by atoms with Gasteiger partial charge in [-0.3, -0.25) is 4.79 Å². The van der Waals surface area contributed by atoms with Gasteiger partial charge in [-0.1, -0.05) is 0 Å². The second kappa shape index (κ2) is 4.65. The summed E-state index contributed by atoms with van der Waals surface area (Å²) in [5.74, 6) is 0.585. The number of likely N-dealkylation sites (N-methyl/N-ethyl adjacent to an activating group) is 1. The predicted molar refractivity (Wildman–Crippen MR) is 63.8 cm³/mol. The van der Waals surface area contributed by atoms with Gasteiger partial charge in [0.25, 0.3) is 5.56 Å². The van der Waals surface area contributed by atoms with Crippen LogP contribution >= 0.6 is 0 Å². The standard InChI is InChI=1S/C11H18N4O/c1-3-14-7-5-13-10(11(14)16)15-6-4-9(8-15)12-2/h5,7,9,12H,3-4,6,8H2,1-2H3. The predicted octanol–water partition coefficient (Wildman–Crippen LogP) is 0.0613. The number of hydrogen-bond acceptors (Lipinski definition) is 4. The van der Waals surface area contributed by atoms with Gasteiger partial charge >= 0.3 is 0 Å². The van der Waals surface area contributed by atoms with Crippen LogP contribution in [0.1, 0.15) is 13.3 Å². The summed E-state index contributed by atoms with van der Waals surface area (Å²) in [5.41, 5.74) is 0.0155. The first-order valence-corrected chi connectivity index (χ1v) is 5.74. The highest BCUT2D eigenvalue weighted by Crippen LogP contribution is 2.13. The maximum Gasteiger partial charge on any atom is 0.293 e. The Balaban J connectivity index is 2.25. The molecular formula is C11H18N4O. The Labute approximate surface area is 95.1 Å². The minimum Gasteiger partial charge on any atom is -0.350 e. The van der Waals surface area contributed by atoms with Crippen molar-refractivity contribution in [1.29, 1.82) is 0 Å². The summed E-state index contributed by atoms with van der Waals surface area (Å²) in [4.78, 5) is 18.3. The Kier molecular flexibility index (Phi) is 3.24. The zero-order valence-electron chi connectivity index (χ0n) is 9.81. The maximum atomic E-state index is 12.0. The average molecular weight is 222 g/mol. The SMILES string of the molecule is CCn1ccnc(N2CCC(NC)C2)c1=O. The monoisotopic (exact) mass is 222 g/mol. The summed E-state index contributed by atoms with van der Waals surface area (Å²) in [6.07, 6.45) is 4.50. The van der Waals surface area contributed by atoms with E-state index in [1.54, 1.807) is 17.0 Å². The number of nitrogens with one attached hydrogen (secondary N) is 1. The molecule has 1 aromatic heterocycles. The molecule has 1 atom stereocenters. The zero-order chi connectivity index (χ0) is 11.5. The molecule has 0 bridgehead atoms. The van der Waals surface area contributed by atoms with Gasteiger partial charge in [-0.05, 0) is 20.4 Å². The molecule has 88 valence electrons. The summed E-state index contributed by atoms with van der Waals surface area (Å²) in [7, 11) is 1.96. The smallest absolute Gasteiger partial charge is 0.293 e. The lowest BCUT2D eigenvalue weighted by Crippen LogP contribution is -2.34. The number of aryl methyl sites for hydroxylation is 1. The fourth-order valence-electron chi connectivity index (χ4n) is 2.09. The molecule has 1 unspecified atom stereocenters. The molecule has 1 aliphatic rings. The van der Waals surface area contributed by atoms with Crippen LogP contribution in [0.3, 0.4) is 0 Å². The largest absolute Gasteiger partial charge is 0.350 e. The molecule has 0 saturated carbocycles. The lowest BCUT2D eigenvalue weighted by molar-refractivity contribution is 0.615. The van der Waals surface area contributed by atoms with E-state index in [1.165, 1.54) is 0 Å². The van der Waals surface area contributed by atoms with Crippen molar-refractivity contribution in [3.8, 4) is 0 Å². The third-order valence-corrected chi connectivity index (χ3v) is 3.13. The van der Waals surface area contributed by atoms with Gasteiger partial charge in [0, 0.05) is 38.1 Å². The third-order valence-electron chi connectivity index (χ3n) is 3.13. The average Bonchev–Trinajstić information content (AvgIpc) is 2.78. The molecule has 1 saturated heterocycles. The van der Waals surface area contributed by atoms with Crippen molar-refractivity contribution < 1.29 is 0 Å². The molecule has 0 aliphatic carbocycles. The number of anilines is 1. The van der Waals surface area contributed by atoms with Crippen molar-refractivity contribution >= 4 is 5.82 Å². The molecule has 1 fully saturated rings. The zero-order valence-corrected chi connectivity index (χ0v) is 9.81. The van der Waals surface area contributed by atoms with Crippen molar-refractivity contribution in [2.45, 2.75) is 25.9 Å². The number of rotatable bonds is 3. The first kappa shape index (κ1) is 11.1. The first-order chi connectivity index (χ1) is 7.76. The molecule has 1 N–H and O–H groups in total. The topological polar surface area (TPSA) is 50.2 Å². The molecule has 1 aliphatic heterocycles. The summed E-state index contributed by atoms with van der Waals surface area (Å²) < 4.78 is 1.69. The van der Waals surface area contributed by atoms with Gasteiger partial charge in [0.1, 0.15) is 0 Å². The lowest BCUT2D eigenvalue weighted by Gasteiger charge is -2.17. The van der Waals surface area contributed by atoms with Crippen LogP contribution < -0.4 is 15.8 Å². The van der Waals surface area contributed by atoms with Gasteiger partial charge in [-0.2, -0.15) is 0 Å². The Morgan fingerprint density at radius 2 is 2.44 bits per heavy atom. The molecule has 2 rings (SSSR count). The first-order valence-electron chi connectivity index (χ1n) is 5.74. The van der Waals surface area contributed by atoms with Crippen LogP contribution in [-0.2, 0) is 6.54 Å². The van der Waals surface area contributed by atoms with Crippen LogP contribution in [0, 0.1) is 0 Å². The van der Waals surface area contributed by atoms with E-state index in [1.807, 2.05) is 14.0 Å². The Hall–Kier alpha value is -1.36. The van der Waals surface area contributed by atoms with E-state index in [0.29, 0.717) is 18.4 Å². The minimum atomic E-state index is 0.0155. The van der Waals surface area contributed by atoms with Crippen molar-refractivity contribution in [1.82, 2.24) is 14.9 Å². The fraction of sp³-hybridized carbons (Fsp3) is 0.636. The van der Waals surface area contributed by atoms with Gasteiger partial charge in [0.05, 0.1) is 0 Å². The molecule has 5 nitrogen and oxygen atoms in total. The van der Waals surface area contributed by atoms with E-state index in [-0.39, 0.29) is 5.56 Å². The van der Waals surface area contributed by atoms with E-state index in [0.717, 1.165) is 19.5 Å². The number of aromatic nitrogens is 2. The van der Waals surface area contributed by atoms with Gasteiger partial charge in [-0.15, -0.1) is 0 Å². The van der Waals surface area contributed by atoms with E-state index in [4.69, 9.17) is 0 Å². The van der Waals surface area contributed by atoms with Gasteiger partial charge < -0.3 is 14.8 Å². The van der Waals surface area contributed by atoms with E-state index in [2.05, 4.69) is 15.2 Å².